The number of carbonyl (C=O) groups excluding carboxylic acids is 1. The number of benzene rings is 2. The van der Waals surface area contributed by atoms with Gasteiger partial charge in [0, 0.05) is 6.92 Å². The molecule has 32 heavy (non-hydrogen) atoms. The van der Waals surface area contributed by atoms with E-state index >= 15 is 0 Å². The van der Waals surface area contributed by atoms with Gasteiger partial charge in [0.25, 0.3) is 0 Å². The average molecular weight is 445 g/mol. The first-order chi connectivity index (χ1) is 15.2. The van der Waals surface area contributed by atoms with Gasteiger partial charge in [0.1, 0.15) is 36.7 Å². The van der Waals surface area contributed by atoms with Crippen LogP contribution in [0.2, 0.25) is 0 Å². The van der Waals surface area contributed by atoms with Gasteiger partial charge in [-0.2, -0.15) is 0 Å². The minimum atomic E-state index is -1.13. The Hall–Kier alpha value is -2.72. The SMILES string of the molecule is CC(=O)NC1C(Oc2ccc3ccccc3c2)OC2COC(C)(C)OC2C1OCC(=O)O. The first-order valence-corrected chi connectivity index (χ1v) is 10.4. The summed E-state index contributed by atoms with van der Waals surface area (Å²) in [5, 5.41) is 14.0. The van der Waals surface area contributed by atoms with Gasteiger partial charge in [-0.3, -0.25) is 4.79 Å². The molecule has 0 spiro atoms. The first kappa shape index (κ1) is 22.5. The lowest BCUT2D eigenvalue weighted by atomic mass is 9.95. The summed E-state index contributed by atoms with van der Waals surface area (Å²) in [7, 11) is 0. The highest BCUT2D eigenvalue weighted by molar-refractivity contribution is 5.83. The van der Waals surface area contributed by atoms with Gasteiger partial charge in [0.05, 0.1) is 6.61 Å². The summed E-state index contributed by atoms with van der Waals surface area (Å²) in [6, 6.07) is 12.7. The minimum absolute atomic E-state index is 0.203. The van der Waals surface area contributed by atoms with Gasteiger partial charge in [0.15, 0.2) is 5.79 Å². The highest BCUT2D eigenvalue weighted by atomic mass is 16.8. The predicted molar refractivity (Wildman–Crippen MR) is 113 cm³/mol. The average Bonchev–Trinajstić information content (AvgIpc) is 2.73. The summed E-state index contributed by atoms with van der Waals surface area (Å²) in [5.41, 5.74) is 0. The molecular weight excluding hydrogens is 418 g/mol. The van der Waals surface area contributed by atoms with Crippen LogP contribution in [0.25, 0.3) is 10.8 Å². The van der Waals surface area contributed by atoms with Crippen LogP contribution in [0.4, 0.5) is 0 Å². The molecule has 9 nitrogen and oxygen atoms in total. The van der Waals surface area contributed by atoms with E-state index in [9.17, 15) is 14.7 Å². The maximum atomic E-state index is 12.0. The van der Waals surface area contributed by atoms with Gasteiger partial charge in [-0.1, -0.05) is 30.3 Å². The van der Waals surface area contributed by atoms with Crippen LogP contribution in [-0.4, -0.2) is 66.6 Å². The topological polar surface area (TPSA) is 113 Å². The summed E-state index contributed by atoms with van der Waals surface area (Å²) in [4.78, 5) is 23.2. The number of amides is 1. The maximum Gasteiger partial charge on any atom is 0.329 e. The lowest BCUT2D eigenvalue weighted by molar-refractivity contribution is -0.364. The van der Waals surface area contributed by atoms with Gasteiger partial charge >= 0.3 is 5.97 Å². The van der Waals surface area contributed by atoms with Gasteiger partial charge in [-0.25, -0.2) is 4.79 Å². The van der Waals surface area contributed by atoms with Crippen molar-refractivity contribution >= 4 is 22.6 Å². The number of fused-ring (bicyclic) bond motifs is 2. The van der Waals surface area contributed by atoms with E-state index in [2.05, 4.69) is 5.32 Å². The molecule has 2 N–H and O–H groups in total. The Labute approximate surface area is 185 Å². The lowest BCUT2D eigenvalue weighted by Crippen LogP contribution is -2.69. The molecule has 0 aliphatic carbocycles. The number of aliphatic carboxylic acids is 1. The zero-order valence-electron chi connectivity index (χ0n) is 18.1. The largest absolute Gasteiger partial charge is 0.480 e. The molecule has 2 fully saturated rings. The normalized spacial score (nSPS) is 29.2. The second-order valence-corrected chi connectivity index (χ2v) is 8.36. The summed E-state index contributed by atoms with van der Waals surface area (Å²) in [6.07, 6.45) is -3.01. The lowest BCUT2D eigenvalue weighted by Gasteiger charge is -2.50. The van der Waals surface area contributed by atoms with E-state index in [0.29, 0.717) is 5.75 Å². The van der Waals surface area contributed by atoms with Crippen LogP contribution in [0.15, 0.2) is 42.5 Å². The van der Waals surface area contributed by atoms with Crippen LogP contribution < -0.4 is 10.1 Å². The molecule has 9 heteroatoms. The molecule has 2 aromatic rings. The molecule has 5 atom stereocenters. The zero-order chi connectivity index (χ0) is 22.9. The van der Waals surface area contributed by atoms with E-state index in [1.807, 2.05) is 42.5 Å². The van der Waals surface area contributed by atoms with Crippen LogP contribution >= 0.6 is 0 Å². The van der Waals surface area contributed by atoms with Gasteiger partial charge in [0.2, 0.25) is 12.2 Å². The molecule has 0 saturated carbocycles. The molecular formula is C23H27NO8. The summed E-state index contributed by atoms with van der Waals surface area (Å²) < 4.78 is 29.7. The van der Waals surface area contributed by atoms with Crippen LogP contribution in [0, 0.1) is 0 Å². The predicted octanol–water partition coefficient (Wildman–Crippen LogP) is 2.07. The highest BCUT2D eigenvalue weighted by Gasteiger charge is 2.53. The highest BCUT2D eigenvalue weighted by Crippen LogP contribution is 2.35. The molecule has 2 aromatic carbocycles. The number of carboxylic acid groups (broad SMARTS) is 1. The van der Waals surface area contributed by atoms with E-state index < -0.39 is 49.0 Å². The number of nitrogens with one attached hydrogen (secondary N) is 1. The quantitative estimate of drug-likeness (QED) is 0.695. The number of hydrogen-bond acceptors (Lipinski definition) is 7. The van der Waals surface area contributed by atoms with Gasteiger partial charge < -0.3 is 34.1 Å². The Kier molecular flexibility index (Phi) is 6.34. The summed E-state index contributed by atoms with van der Waals surface area (Å²) in [5.74, 6) is -1.84. The van der Waals surface area contributed by atoms with E-state index in [1.54, 1.807) is 13.8 Å². The van der Waals surface area contributed by atoms with Crippen molar-refractivity contribution in [2.45, 2.75) is 57.2 Å². The first-order valence-electron chi connectivity index (χ1n) is 10.4. The number of hydrogen-bond donors (Lipinski definition) is 2. The fourth-order valence-corrected chi connectivity index (χ4v) is 4.05. The molecule has 4 rings (SSSR count). The van der Waals surface area contributed by atoms with E-state index in [1.165, 1.54) is 6.92 Å². The third-order valence-corrected chi connectivity index (χ3v) is 5.40. The van der Waals surface area contributed by atoms with E-state index in [4.69, 9.17) is 23.7 Å². The Bertz CT molecular complexity index is 993. The molecule has 2 aliphatic rings. The van der Waals surface area contributed by atoms with Crippen molar-refractivity contribution in [2.75, 3.05) is 13.2 Å². The molecule has 0 bridgehead atoms. The van der Waals surface area contributed by atoms with Crippen LogP contribution in [0.1, 0.15) is 20.8 Å². The standard InChI is InChI=1S/C23H27NO8/c1-13(25)24-19-21(28-12-18(26)27)20-17(11-29-23(2,3)32-20)31-22(19)30-16-9-8-14-6-4-5-7-15(14)10-16/h4-10,17,19-22H,11-12H2,1-3H3,(H,24,25)(H,26,27). The smallest absolute Gasteiger partial charge is 0.329 e. The van der Waals surface area contributed by atoms with Gasteiger partial charge in [-0.15, -0.1) is 0 Å². The molecule has 1 amide bonds. The molecule has 0 radical (unpaired) electrons. The second-order valence-electron chi connectivity index (χ2n) is 8.36. The number of carboxylic acids is 1. The van der Waals surface area contributed by atoms with Crippen molar-refractivity contribution in [3.05, 3.63) is 42.5 Å². The molecule has 172 valence electrons. The maximum absolute atomic E-state index is 12.0. The summed E-state index contributed by atoms with van der Waals surface area (Å²) >= 11 is 0. The van der Waals surface area contributed by atoms with Crippen molar-refractivity contribution in [3.8, 4) is 5.75 Å². The van der Waals surface area contributed by atoms with Crippen LogP contribution in [0.5, 0.6) is 5.75 Å². The number of rotatable bonds is 6. The third kappa shape index (κ3) is 5.02. The monoisotopic (exact) mass is 445 g/mol. The Morgan fingerprint density at radius 2 is 1.94 bits per heavy atom. The van der Waals surface area contributed by atoms with E-state index in [0.717, 1.165) is 10.8 Å². The van der Waals surface area contributed by atoms with Gasteiger partial charge in [-0.05, 0) is 36.8 Å². The van der Waals surface area contributed by atoms with Crippen LogP contribution in [0.3, 0.4) is 0 Å². The molecule has 5 unspecified atom stereocenters. The van der Waals surface area contributed by atoms with Crippen molar-refractivity contribution in [1.29, 1.82) is 0 Å². The molecule has 2 aliphatic heterocycles. The van der Waals surface area contributed by atoms with Crippen molar-refractivity contribution < 1.29 is 38.4 Å². The number of ether oxygens (including phenoxy) is 5. The molecule has 0 aromatic heterocycles. The minimum Gasteiger partial charge on any atom is -0.480 e. The Morgan fingerprint density at radius 1 is 1.19 bits per heavy atom. The van der Waals surface area contributed by atoms with Crippen molar-refractivity contribution in [1.82, 2.24) is 5.32 Å². The Balaban J connectivity index is 1.64. The number of carbonyl (C=O) groups is 2. The van der Waals surface area contributed by atoms with Crippen molar-refractivity contribution in [3.63, 3.8) is 0 Å². The van der Waals surface area contributed by atoms with Crippen LogP contribution in [-0.2, 0) is 28.5 Å². The van der Waals surface area contributed by atoms with E-state index in [-0.39, 0.29) is 12.5 Å². The molecule has 2 saturated heterocycles. The third-order valence-electron chi connectivity index (χ3n) is 5.40. The fourth-order valence-electron chi connectivity index (χ4n) is 4.05. The summed E-state index contributed by atoms with van der Waals surface area (Å²) in [6.45, 7) is 4.51. The Morgan fingerprint density at radius 3 is 2.66 bits per heavy atom. The fraction of sp³-hybridized carbons (Fsp3) is 0.478. The molecule has 2 heterocycles. The second kappa shape index (κ2) is 9.03. The zero-order valence-corrected chi connectivity index (χ0v) is 18.1. The van der Waals surface area contributed by atoms with Crippen molar-refractivity contribution in [2.24, 2.45) is 0 Å².